The summed E-state index contributed by atoms with van der Waals surface area (Å²) in [6, 6.07) is 0. The van der Waals surface area contributed by atoms with Crippen LogP contribution in [0.25, 0.3) is 0 Å². The Bertz CT molecular complexity index is 498. The van der Waals surface area contributed by atoms with Crippen LogP contribution in [0.4, 0.5) is 0 Å². The van der Waals surface area contributed by atoms with E-state index >= 15 is 0 Å². The van der Waals surface area contributed by atoms with Crippen molar-refractivity contribution in [3.05, 3.63) is 23.7 Å². The number of ketones is 2. The highest BCUT2D eigenvalue weighted by atomic mass is 16.6. The van der Waals surface area contributed by atoms with Gasteiger partial charge in [0.1, 0.15) is 13.2 Å². The molecule has 0 amide bonds. The minimum absolute atomic E-state index is 0.0996. The van der Waals surface area contributed by atoms with Gasteiger partial charge < -0.3 is 37.9 Å². The van der Waals surface area contributed by atoms with Crippen LogP contribution in [-0.4, -0.2) is 105 Å². The van der Waals surface area contributed by atoms with E-state index in [4.69, 9.17) is 37.9 Å². The topological polar surface area (TPSA) is 108 Å². The van der Waals surface area contributed by atoms with Gasteiger partial charge in [-0.25, -0.2) is 0 Å². The molecule has 10 heteroatoms. The fraction of sp³-hybridized carbons (Fsp3) is 0.700. The zero-order valence-corrected chi connectivity index (χ0v) is 17.7. The minimum Gasteiger partial charge on any atom is -0.484 e. The molecule has 0 bridgehead atoms. The molecule has 0 aromatic heterocycles. The second kappa shape index (κ2) is 18.0. The smallest absolute Gasteiger partial charge is 0.224 e. The van der Waals surface area contributed by atoms with Crippen LogP contribution in [0.15, 0.2) is 23.7 Å². The molecule has 0 atom stereocenters. The van der Waals surface area contributed by atoms with Crippen molar-refractivity contribution >= 4 is 11.6 Å². The van der Waals surface area contributed by atoms with E-state index in [9.17, 15) is 9.59 Å². The molecule has 1 aliphatic carbocycles. The molecule has 0 saturated heterocycles. The molecule has 0 aromatic rings. The maximum absolute atomic E-state index is 12.0. The van der Waals surface area contributed by atoms with E-state index in [2.05, 4.69) is 0 Å². The van der Waals surface area contributed by atoms with Gasteiger partial charge in [-0.1, -0.05) is 0 Å². The van der Waals surface area contributed by atoms with E-state index in [1.165, 1.54) is 0 Å². The first-order valence-electron chi connectivity index (χ1n) is 9.76. The molecule has 0 spiro atoms. The van der Waals surface area contributed by atoms with Crippen molar-refractivity contribution in [1.82, 2.24) is 0 Å². The highest BCUT2D eigenvalue weighted by molar-refractivity contribution is 6.18. The summed E-state index contributed by atoms with van der Waals surface area (Å²) >= 11 is 0. The lowest BCUT2D eigenvalue weighted by atomic mass is 10.1. The lowest BCUT2D eigenvalue weighted by Crippen LogP contribution is -2.22. The molecule has 0 saturated carbocycles. The SMILES string of the molecule is COCCOCCOCCOC1=C(OCCOCCOCCOC)C(=O)C=CC1=O. The van der Waals surface area contributed by atoms with Crippen LogP contribution in [0, 0.1) is 0 Å². The molecule has 1 rings (SSSR count). The van der Waals surface area contributed by atoms with Crippen molar-refractivity contribution in [3.63, 3.8) is 0 Å². The summed E-state index contributed by atoms with van der Waals surface area (Å²) < 4.78 is 41.8. The number of carbonyl (C=O) groups is 2. The molecule has 30 heavy (non-hydrogen) atoms. The first kappa shape index (κ1) is 26.2. The van der Waals surface area contributed by atoms with E-state index < -0.39 is 11.6 Å². The van der Waals surface area contributed by atoms with Gasteiger partial charge in [0.25, 0.3) is 0 Å². The quantitative estimate of drug-likeness (QED) is 0.197. The number of allylic oxidation sites excluding steroid dienone is 2. The Morgan fingerprint density at radius 1 is 0.500 bits per heavy atom. The van der Waals surface area contributed by atoms with Crippen LogP contribution in [0.3, 0.4) is 0 Å². The number of hydrogen-bond donors (Lipinski definition) is 0. The van der Waals surface area contributed by atoms with E-state index in [0.717, 1.165) is 12.2 Å². The van der Waals surface area contributed by atoms with Gasteiger partial charge in [0.2, 0.25) is 23.1 Å². The van der Waals surface area contributed by atoms with E-state index in [1.54, 1.807) is 14.2 Å². The Labute approximate surface area is 177 Å². The molecular weight excluding hydrogens is 400 g/mol. The van der Waals surface area contributed by atoms with Crippen LogP contribution >= 0.6 is 0 Å². The number of rotatable bonds is 20. The zero-order chi connectivity index (χ0) is 21.9. The van der Waals surface area contributed by atoms with Gasteiger partial charge in [0.05, 0.1) is 66.1 Å². The fourth-order valence-corrected chi connectivity index (χ4v) is 2.13. The third-order valence-corrected chi connectivity index (χ3v) is 3.60. The number of hydrogen-bond acceptors (Lipinski definition) is 10. The maximum atomic E-state index is 12.0. The average Bonchev–Trinajstić information content (AvgIpc) is 2.75. The molecule has 0 N–H and O–H groups in total. The molecule has 0 aliphatic heterocycles. The Hall–Kier alpha value is -1.82. The fourth-order valence-electron chi connectivity index (χ4n) is 2.13. The maximum Gasteiger partial charge on any atom is 0.224 e. The zero-order valence-electron chi connectivity index (χ0n) is 17.7. The average molecular weight is 432 g/mol. The lowest BCUT2D eigenvalue weighted by Gasteiger charge is -2.16. The van der Waals surface area contributed by atoms with Crippen molar-refractivity contribution in [2.45, 2.75) is 0 Å². The molecule has 172 valence electrons. The monoisotopic (exact) mass is 432 g/mol. The Morgan fingerprint density at radius 3 is 1.13 bits per heavy atom. The lowest BCUT2D eigenvalue weighted by molar-refractivity contribution is -0.121. The minimum atomic E-state index is -0.431. The van der Waals surface area contributed by atoms with Crippen molar-refractivity contribution in [2.24, 2.45) is 0 Å². The number of ether oxygens (including phenoxy) is 8. The molecule has 1 aliphatic rings. The van der Waals surface area contributed by atoms with Gasteiger partial charge in [-0.2, -0.15) is 0 Å². The van der Waals surface area contributed by atoms with Gasteiger partial charge >= 0.3 is 0 Å². The molecule has 0 radical (unpaired) electrons. The third kappa shape index (κ3) is 12.0. The molecule has 10 nitrogen and oxygen atoms in total. The van der Waals surface area contributed by atoms with Crippen LogP contribution in [0.2, 0.25) is 0 Å². The van der Waals surface area contributed by atoms with Crippen LogP contribution < -0.4 is 0 Å². The Kier molecular flexibility index (Phi) is 15.7. The summed E-state index contributed by atoms with van der Waals surface area (Å²) in [5, 5.41) is 0. The molecule has 0 unspecified atom stereocenters. The van der Waals surface area contributed by atoms with Crippen molar-refractivity contribution < 1.29 is 47.5 Å². The summed E-state index contributed by atoms with van der Waals surface area (Å²) in [7, 11) is 3.20. The van der Waals surface area contributed by atoms with Crippen LogP contribution in [0.5, 0.6) is 0 Å². The number of carbonyl (C=O) groups excluding carboxylic acids is 2. The van der Waals surface area contributed by atoms with Gasteiger partial charge in [-0.15, -0.1) is 0 Å². The van der Waals surface area contributed by atoms with Gasteiger partial charge in [-0.05, 0) is 12.2 Å². The summed E-state index contributed by atoms with van der Waals surface area (Å²) in [5.41, 5.74) is 0. The Morgan fingerprint density at radius 2 is 0.800 bits per heavy atom. The van der Waals surface area contributed by atoms with E-state index in [-0.39, 0.29) is 37.9 Å². The van der Waals surface area contributed by atoms with Crippen molar-refractivity contribution in [2.75, 3.05) is 93.5 Å². The summed E-state index contributed by atoms with van der Waals surface area (Å²) in [5.74, 6) is -1.10. The van der Waals surface area contributed by atoms with Gasteiger partial charge in [0, 0.05) is 14.2 Å². The highest BCUT2D eigenvalue weighted by Gasteiger charge is 2.26. The molecule has 0 aromatic carbocycles. The summed E-state index contributed by atoms with van der Waals surface area (Å²) in [4.78, 5) is 24.1. The standard InChI is InChI=1S/C20H32O10/c1-23-5-7-25-9-11-27-13-15-29-19-17(21)3-4-18(22)20(19)30-16-14-28-12-10-26-8-6-24-2/h3-4H,5-16H2,1-2H3. The Balaban J connectivity index is 2.25. The predicted molar refractivity (Wildman–Crippen MR) is 105 cm³/mol. The molecule has 0 fully saturated rings. The summed E-state index contributed by atoms with van der Waals surface area (Å²) in [6.07, 6.45) is 2.31. The third-order valence-electron chi connectivity index (χ3n) is 3.60. The van der Waals surface area contributed by atoms with Crippen LogP contribution in [-0.2, 0) is 47.5 Å². The van der Waals surface area contributed by atoms with Crippen molar-refractivity contribution in [3.8, 4) is 0 Å². The predicted octanol–water partition coefficient (Wildman–Crippen LogP) is 0.298. The number of methoxy groups -OCH3 is 2. The normalized spacial score (nSPS) is 13.9. The van der Waals surface area contributed by atoms with Crippen LogP contribution in [0.1, 0.15) is 0 Å². The highest BCUT2D eigenvalue weighted by Crippen LogP contribution is 2.17. The second-order valence-electron chi connectivity index (χ2n) is 5.85. The first-order chi connectivity index (χ1) is 14.7. The second-order valence-corrected chi connectivity index (χ2v) is 5.85. The summed E-state index contributed by atoms with van der Waals surface area (Å²) in [6.45, 7) is 4.34. The van der Waals surface area contributed by atoms with Gasteiger partial charge in [0.15, 0.2) is 0 Å². The first-order valence-corrected chi connectivity index (χ1v) is 9.76. The molecule has 0 heterocycles. The van der Waals surface area contributed by atoms with Crippen molar-refractivity contribution in [1.29, 1.82) is 0 Å². The van der Waals surface area contributed by atoms with E-state index in [0.29, 0.717) is 52.9 Å². The molecular formula is C20H32O10. The largest absolute Gasteiger partial charge is 0.484 e. The van der Waals surface area contributed by atoms with E-state index in [1.807, 2.05) is 0 Å². The van der Waals surface area contributed by atoms with Gasteiger partial charge in [-0.3, -0.25) is 9.59 Å².